The molecule has 2 heterocycles. The quantitative estimate of drug-likeness (QED) is 0.331. The lowest BCUT2D eigenvalue weighted by molar-refractivity contribution is 0.305. The van der Waals surface area contributed by atoms with Crippen LogP contribution in [0.3, 0.4) is 0 Å². The lowest BCUT2D eigenvalue weighted by atomic mass is 10.1. The maximum absolute atomic E-state index is 12.3. The fraction of sp³-hybridized carbons (Fsp3) is 0.0385. The van der Waals surface area contributed by atoms with Crippen LogP contribution >= 0.6 is 11.6 Å². The van der Waals surface area contributed by atoms with Gasteiger partial charge in [-0.3, -0.25) is 4.79 Å². The van der Waals surface area contributed by atoms with E-state index in [9.17, 15) is 4.79 Å². The normalized spacial score (nSPS) is 10.8. The molecule has 0 spiro atoms. The zero-order chi connectivity index (χ0) is 22.6. The first-order valence-corrected chi connectivity index (χ1v) is 10.7. The third-order valence-electron chi connectivity index (χ3n) is 5.13. The molecule has 33 heavy (non-hydrogen) atoms. The number of nitrogens with zero attached hydrogens (tertiary/aromatic N) is 2. The van der Waals surface area contributed by atoms with Crippen LogP contribution in [0.5, 0.6) is 5.75 Å². The van der Waals surface area contributed by atoms with Crippen molar-refractivity contribution in [2.45, 2.75) is 6.61 Å². The largest absolute Gasteiger partial charge is 0.489 e. The molecule has 5 aromatic rings. The molecule has 0 bridgehead atoms. The van der Waals surface area contributed by atoms with Crippen LogP contribution in [0.15, 0.2) is 95.9 Å². The molecule has 7 heteroatoms. The Balaban J connectivity index is 1.26. The monoisotopic (exact) mass is 454 g/mol. The van der Waals surface area contributed by atoms with E-state index in [-0.39, 0.29) is 12.2 Å². The highest BCUT2D eigenvalue weighted by atomic mass is 35.5. The van der Waals surface area contributed by atoms with E-state index in [0.717, 1.165) is 27.8 Å². The van der Waals surface area contributed by atoms with Gasteiger partial charge in [-0.1, -0.05) is 41.9 Å². The first-order valence-electron chi connectivity index (χ1n) is 10.3. The van der Waals surface area contributed by atoms with Crippen LogP contribution in [0, 0.1) is 0 Å². The Morgan fingerprint density at radius 3 is 2.55 bits per heavy atom. The average Bonchev–Trinajstić information content (AvgIpc) is 2.84. The Labute approximate surface area is 194 Å². The Morgan fingerprint density at radius 1 is 0.939 bits per heavy atom. The molecule has 0 amide bonds. The first kappa shape index (κ1) is 20.7. The summed E-state index contributed by atoms with van der Waals surface area (Å²) >= 11 is 5.97. The molecule has 5 rings (SSSR count). The number of nitrogens with one attached hydrogen (secondary N) is 2. The van der Waals surface area contributed by atoms with E-state index < -0.39 is 0 Å². The highest BCUT2D eigenvalue weighted by Gasteiger charge is 2.06. The van der Waals surface area contributed by atoms with E-state index in [1.807, 2.05) is 84.9 Å². The highest BCUT2D eigenvalue weighted by molar-refractivity contribution is 6.30. The predicted molar refractivity (Wildman–Crippen MR) is 131 cm³/mol. The number of halogens is 1. The van der Waals surface area contributed by atoms with Gasteiger partial charge in [-0.15, -0.1) is 0 Å². The van der Waals surface area contributed by atoms with Crippen molar-refractivity contribution < 1.29 is 4.74 Å². The number of ether oxygens (including phenoxy) is 1. The number of hydrogen-bond acceptors (Lipinski definition) is 5. The smallest absolute Gasteiger partial charge is 0.255 e. The summed E-state index contributed by atoms with van der Waals surface area (Å²) in [6.07, 6.45) is 1.71. The number of anilines is 2. The van der Waals surface area contributed by atoms with E-state index in [1.165, 1.54) is 0 Å². The Bertz CT molecular complexity index is 1460. The van der Waals surface area contributed by atoms with Gasteiger partial charge in [0.05, 0.1) is 11.3 Å². The molecular formula is C26H19ClN4O2. The molecule has 0 saturated heterocycles. The Hall–Kier alpha value is -4.16. The zero-order valence-corrected chi connectivity index (χ0v) is 18.2. The van der Waals surface area contributed by atoms with Crippen LogP contribution in [-0.2, 0) is 6.61 Å². The average molecular weight is 455 g/mol. The minimum atomic E-state index is -0.148. The van der Waals surface area contributed by atoms with E-state index in [2.05, 4.69) is 20.3 Å². The van der Waals surface area contributed by atoms with Crippen molar-refractivity contribution in [2.75, 3.05) is 5.32 Å². The number of rotatable bonds is 6. The van der Waals surface area contributed by atoms with Gasteiger partial charge < -0.3 is 15.0 Å². The van der Waals surface area contributed by atoms with E-state index in [0.29, 0.717) is 22.3 Å². The minimum Gasteiger partial charge on any atom is -0.489 e. The van der Waals surface area contributed by atoms with Crippen molar-refractivity contribution in [1.29, 1.82) is 0 Å². The van der Waals surface area contributed by atoms with Gasteiger partial charge in [0, 0.05) is 28.0 Å². The lowest BCUT2D eigenvalue weighted by Crippen LogP contribution is -2.14. The summed E-state index contributed by atoms with van der Waals surface area (Å²) in [6.45, 7) is 0.180. The molecule has 2 N–H and O–H groups in total. The van der Waals surface area contributed by atoms with Crippen molar-refractivity contribution in [3.8, 4) is 17.0 Å². The summed E-state index contributed by atoms with van der Waals surface area (Å²) in [4.78, 5) is 24.0. The standard InChI is InChI=1S/C26H19ClN4O2/c27-20-7-5-17(6-8-20)24-13-14-28-26(31-24)29-21-9-11-22(12-10-21)33-16-19-15-18-3-1-2-4-23(18)30-25(19)32/h1-15H,16H2,(H,30,32)(H,28,29,31). The van der Waals surface area contributed by atoms with Crippen LogP contribution in [0.4, 0.5) is 11.6 Å². The molecule has 0 aliphatic carbocycles. The molecule has 0 aliphatic heterocycles. The zero-order valence-electron chi connectivity index (χ0n) is 17.5. The molecule has 0 atom stereocenters. The van der Waals surface area contributed by atoms with Gasteiger partial charge in [0.25, 0.3) is 5.56 Å². The van der Waals surface area contributed by atoms with Gasteiger partial charge in [-0.05, 0) is 60.0 Å². The number of hydrogen-bond donors (Lipinski definition) is 2. The summed E-state index contributed by atoms with van der Waals surface area (Å²) < 4.78 is 5.82. The topological polar surface area (TPSA) is 79.9 Å². The second-order valence-electron chi connectivity index (χ2n) is 7.42. The fourth-order valence-corrected chi connectivity index (χ4v) is 3.55. The van der Waals surface area contributed by atoms with Crippen molar-refractivity contribution >= 4 is 34.1 Å². The number of aromatic nitrogens is 3. The van der Waals surface area contributed by atoms with Gasteiger partial charge in [0.1, 0.15) is 12.4 Å². The SMILES string of the molecule is O=c1[nH]c2ccccc2cc1COc1ccc(Nc2nccc(-c3ccc(Cl)cc3)n2)cc1. The molecule has 0 radical (unpaired) electrons. The lowest BCUT2D eigenvalue weighted by Gasteiger charge is -2.09. The first-order chi connectivity index (χ1) is 16.1. The molecule has 2 aromatic heterocycles. The maximum Gasteiger partial charge on any atom is 0.255 e. The van der Waals surface area contributed by atoms with E-state index >= 15 is 0 Å². The summed E-state index contributed by atoms with van der Waals surface area (Å²) in [5.74, 6) is 1.14. The molecular weight excluding hydrogens is 436 g/mol. The van der Waals surface area contributed by atoms with Crippen LogP contribution in [0.1, 0.15) is 5.56 Å². The van der Waals surface area contributed by atoms with Crippen molar-refractivity contribution in [1.82, 2.24) is 15.0 Å². The summed E-state index contributed by atoms with van der Waals surface area (Å²) in [7, 11) is 0. The third kappa shape index (κ3) is 4.86. The van der Waals surface area contributed by atoms with E-state index in [4.69, 9.17) is 16.3 Å². The number of fused-ring (bicyclic) bond motifs is 1. The van der Waals surface area contributed by atoms with Gasteiger partial charge in [0.15, 0.2) is 0 Å². The second-order valence-corrected chi connectivity index (χ2v) is 7.86. The molecule has 0 fully saturated rings. The number of H-pyrrole nitrogens is 1. The summed E-state index contributed by atoms with van der Waals surface area (Å²) in [5.41, 5.74) is 3.80. The Kier molecular flexibility index (Phi) is 5.74. The van der Waals surface area contributed by atoms with Gasteiger partial charge >= 0.3 is 0 Å². The predicted octanol–water partition coefficient (Wildman–Crippen LogP) is 5.96. The second kappa shape index (κ2) is 9.14. The van der Waals surface area contributed by atoms with Crippen LogP contribution < -0.4 is 15.6 Å². The van der Waals surface area contributed by atoms with Crippen LogP contribution in [0.2, 0.25) is 5.02 Å². The van der Waals surface area contributed by atoms with Gasteiger partial charge in [-0.2, -0.15) is 0 Å². The molecule has 6 nitrogen and oxygen atoms in total. The van der Waals surface area contributed by atoms with Crippen LogP contribution in [-0.4, -0.2) is 15.0 Å². The molecule has 162 valence electrons. The molecule has 0 aliphatic rings. The minimum absolute atomic E-state index is 0.148. The fourth-order valence-electron chi connectivity index (χ4n) is 3.42. The number of para-hydroxylation sites is 1. The molecule has 0 unspecified atom stereocenters. The number of benzene rings is 3. The van der Waals surface area contributed by atoms with Crippen LogP contribution in [0.25, 0.3) is 22.2 Å². The maximum atomic E-state index is 12.3. The van der Waals surface area contributed by atoms with Gasteiger partial charge in [0.2, 0.25) is 5.95 Å². The van der Waals surface area contributed by atoms with Crippen molar-refractivity contribution in [3.05, 3.63) is 112 Å². The summed E-state index contributed by atoms with van der Waals surface area (Å²) in [6, 6.07) is 26.3. The van der Waals surface area contributed by atoms with E-state index in [1.54, 1.807) is 6.20 Å². The molecule has 0 saturated carbocycles. The third-order valence-corrected chi connectivity index (χ3v) is 5.38. The van der Waals surface area contributed by atoms with Crippen molar-refractivity contribution in [2.24, 2.45) is 0 Å². The Morgan fingerprint density at radius 2 is 1.73 bits per heavy atom. The van der Waals surface area contributed by atoms with Gasteiger partial charge in [-0.25, -0.2) is 9.97 Å². The highest BCUT2D eigenvalue weighted by Crippen LogP contribution is 2.23. The van der Waals surface area contributed by atoms with Crippen molar-refractivity contribution in [3.63, 3.8) is 0 Å². The number of aromatic amines is 1. The summed E-state index contributed by atoms with van der Waals surface area (Å²) in [5, 5.41) is 4.84. The molecule has 3 aromatic carbocycles. The number of pyridine rings is 1.